The molecule has 0 unspecified atom stereocenters. The van der Waals surface area contributed by atoms with E-state index in [1.54, 1.807) is 0 Å². The molecule has 0 atom stereocenters. The first kappa shape index (κ1) is 36.4. The highest BCUT2D eigenvalue weighted by molar-refractivity contribution is 5.87. The van der Waals surface area contributed by atoms with Crippen molar-refractivity contribution in [2.24, 2.45) is 0 Å². The fourth-order valence-corrected chi connectivity index (χ4v) is 7.94. The Bertz CT molecular complexity index is 2520. The van der Waals surface area contributed by atoms with Crippen LogP contribution in [-0.4, -0.2) is 9.97 Å². The summed E-state index contributed by atoms with van der Waals surface area (Å²) >= 11 is 0. The van der Waals surface area contributed by atoms with Crippen molar-refractivity contribution in [3.63, 3.8) is 0 Å². The molecular formula is C58H40N2. The van der Waals surface area contributed by atoms with Gasteiger partial charge < -0.3 is 0 Å². The molecule has 0 saturated carbocycles. The summed E-state index contributed by atoms with van der Waals surface area (Å²) in [5.41, 5.74) is 19.1. The Kier molecular flexibility index (Phi) is 10.0. The summed E-state index contributed by atoms with van der Waals surface area (Å²) in [6.07, 6.45) is 0. The topological polar surface area (TPSA) is 25.8 Å². The summed E-state index contributed by atoms with van der Waals surface area (Å²) in [5.74, 6) is 0. The van der Waals surface area contributed by atoms with Crippen LogP contribution in [0.5, 0.6) is 0 Å². The maximum Gasteiger partial charge on any atom is 0.0716 e. The zero-order valence-corrected chi connectivity index (χ0v) is 33.0. The van der Waals surface area contributed by atoms with Crippen LogP contribution in [0.25, 0.3) is 101 Å². The summed E-state index contributed by atoms with van der Waals surface area (Å²) < 4.78 is 0. The second-order valence-corrected chi connectivity index (χ2v) is 15.0. The molecule has 2 heterocycles. The molecule has 0 spiro atoms. The van der Waals surface area contributed by atoms with E-state index in [1.807, 2.05) is 0 Å². The van der Waals surface area contributed by atoms with Crippen molar-refractivity contribution in [3.05, 3.63) is 243 Å². The molecular weight excluding hydrogens is 725 g/mol. The van der Waals surface area contributed by atoms with Gasteiger partial charge in [0.1, 0.15) is 0 Å². The van der Waals surface area contributed by atoms with Crippen molar-refractivity contribution >= 4 is 0 Å². The number of hydrogen-bond donors (Lipinski definition) is 0. The lowest BCUT2D eigenvalue weighted by Gasteiger charge is -2.16. The van der Waals surface area contributed by atoms with Gasteiger partial charge in [0.25, 0.3) is 0 Å². The molecule has 0 amide bonds. The Hall–Kier alpha value is -7.94. The second-order valence-electron chi connectivity index (χ2n) is 15.0. The monoisotopic (exact) mass is 764 g/mol. The molecule has 0 N–H and O–H groups in total. The van der Waals surface area contributed by atoms with E-state index in [4.69, 9.17) is 9.97 Å². The van der Waals surface area contributed by atoms with Crippen molar-refractivity contribution in [3.8, 4) is 101 Å². The van der Waals surface area contributed by atoms with Crippen molar-refractivity contribution in [2.45, 2.75) is 0 Å². The number of benzene rings is 8. The average molecular weight is 765 g/mol. The smallest absolute Gasteiger partial charge is 0.0716 e. The molecule has 10 rings (SSSR count). The number of rotatable bonds is 9. The van der Waals surface area contributed by atoms with Gasteiger partial charge in [0.05, 0.1) is 22.8 Å². The third kappa shape index (κ3) is 7.83. The average Bonchev–Trinajstić information content (AvgIpc) is 3.35. The predicted molar refractivity (Wildman–Crippen MR) is 251 cm³/mol. The maximum absolute atomic E-state index is 5.41. The molecule has 8 aromatic carbocycles. The number of aromatic nitrogens is 2. The normalized spacial score (nSPS) is 11.0. The second kappa shape index (κ2) is 16.5. The molecule has 0 radical (unpaired) electrons. The first-order chi connectivity index (χ1) is 29.7. The molecule has 10 aromatic rings. The molecule has 60 heavy (non-hydrogen) atoms. The third-order valence-corrected chi connectivity index (χ3v) is 11.0. The van der Waals surface area contributed by atoms with Crippen molar-refractivity contribution in [1.29, 1.82) is 0 Å². The van der Waals surface area contributed by atoms with Crippen molar-refractivity contribution in [1.82, 2.24) is 9.97 Å². The lowest BCUT2D eigenvalue weighted by atomic mass is 9.90. The molecule has 2 heteroatoms. The van der Waals surface area contributed by atoms with Crippen LogP contribution in [0.1, 0.15) is 0 Å². The van der Waals surface area contributed by atoms with Gasteiger partial charge in [-0.25, -0.2) is 9.97 Å². The number of nitrogens with zero attached hydrogens (tertiary/aromatic N) is 2. The SMILES string of the molecule is c1ccc(-c2cc(-c3ccccc3)cc(-c3cc(-c4cc(-c5ccccc5)cc(-c5ccccc5)n4)cc(-c4cc(-c5ccccc5)cc(-c5ccccc5)n4)c3)c2)cc1. The number of pyridine rings is 2. The quantitative estimate of drug-likeness (QED) is 0.146. The molecule has 282 valence electrons. The molecule has 0 saturated heterocycles. The van der Waals surface area contributed by atoms with Gasteiger partial charge in [-0.15, -0.1) is 0 Å². The van der Waals surface area contributed by atoms with Gasteiger partial charge in [-0.2, -0.15) is 0 Å². The Balaban J connectivity index is 1.24. The molecule has 0 aliphatic heterocycles. The first-order valence-corrected chi connectivity index (χ1v) is 20.4. The van der Waals surface area contributed by atoms with E-state index in [0.717, 1.165) is 89.5 Å². The van der Waals surface area contributed by atoms with Gasteiger partial charge in [0.2, 0.25) is 0 Å². The highest BCUT2D eigenvalue weighted by atomic mass is 14.7. The lowest BCUT2D eigenvalue weighted by molar-refractivity contribution is 1.31. The van der Waals surface area contributed by atoms with E-state index in [1.165, 1.54) is 11.1 Å². The Morgan fingerprint density at radius 1 is 0.150 bits per heavy atom. The molecule has 2 aromatic heterocycles. The summed E-state index contributed by atoms with van der Waals surface area (Å²) in [6, 6.07) is 86.0. The predicted octanol–water partition coefficient (Wildman–Crippen LogP) is 15.5. The van der Waals surface area contributed by atoms with E-state index in [2.05, 4.69) is 243 Å². The van der Waals surface area contributed by atoms with Crippen molar-refractivity contribution in [2.75, 3.05) is 0 Å². The molecule has 0 bridgehead atoms. The minimum atomic E-state index is 0.892. The van der Waals surface area contributed by atoms with Crippen LogP contribution in [0.3, 0.4) is 0 Å². The maximum atomic E-state index is 5.41. The molecule has 0 fully saturated rings. The van der Waals surface area contributed by atoms with Crippen LogP contribution >= 0.6 is 0 Å². The zero-order valence-electron chi connectivity index (χ0n) is 33.0. The standard InChI is InChI=1S/C58H40N2/c1-7-19-41(20-8-1)47-31-48(42-21-9-2-10-22-42)33-49(32-47)50-34-53(57-39-51(43-23-11-3-12-24-43)37-55(59-57)45-27-15-5-16-28-45)36-54(35-50)58-40-52(44-25-13-4-14-26-44)38-56(60-58)46-29-17-6-18-30-46/h1-40H. The van der Waals surface area contributed by atoms with Crippen LogP contribution in [0.15, 0.2) is 243 Å². The van der Waals surface area contributed by atoms with Gasteiger partial charge in [-0.1, -0.05) is 182 Å². The molecule has 2 nitrogen and oxygen atoms in total. The van der Waals surface area contributed by atoms with Gasteiger partial charge in [-0.3, -0.25) is 0 Å². The lowest BCUT2D eigenvalue weighted by Crippen LogP contribution is -1.95. The first-order valence-electron chi connectivity index (χ1n) is 20.4. The van der Waals surface area contributed by atoms with Crippen LogP contribution in [0.2, 0.25) is 0 Å². The third-order valence-electron chi connectivity index (χ3n) is 11.0. The minimum Gasteiger partial charge on any atom is -0.248 e. The van der Waals surface area contributed by atoms with Crippen molar-refractivity contribution < 1.29 is 0 Å². The Morgan fingerprint density at radius 3 is 0.617 bits per heavy atom. The largest absolute Gasteiger partial charge is 0.248 e. The van der Waals surface area contributed by atoms with Crippen LogP contribution < -0.4 is 0 Å². The van der Waals surface area contributed by atoms with E-state index >= 15 is 0 Å². The molecule has 0 aliphatic carbocycles. The summed E-state index contributed by atoms with van der Waals surface area (Å²) in [5, 5.41) is 0. The van der Waals surface area contributed by atoms with Crippen LogP contribution in [0.4, 0.5) is 0 Å². The van der Waals surface area contributed by atoms with Crippen LogP contribution in [0, 0.1) is 0 Å². The van der Waals surface area contributed by atoms with Gasteiger partial charge in [-0.05, 0) is 116 Å². The van der Waals surface area contributed by atoms with E-state index in [9.17, 15) is 0 Å². The minimum absolute atomic E-state index is 0.892. The fourth-order valence-electron chi connectivity index (χ4n) is 7.94. The summed E-state index contributed by atoms with van der Waals surface area (Å²) in [7, 11) is 0. The summed E-state index contributed by atoms with van der Waals surface area (Å²) in [6.45, 7) is 0. The summed E-state index contributed by atoms with van der Waals surface area (Å²) in [4.78, 5) is 10.8. The fraction of sp³-hybridized carbons (Fsp3) is 0. The van der Waals surface area contributed by atoms with E-state index in [-0.39, 0.29) is 0 Å². The van der Waals surface area contributed by atoms with Gasteiger partial charge in [0.15, 0.2) is 0 Å². The zero-order chi connectivity index (χ0) is 40.1. The molecule has 0 aliphatic rings. The van der Waals surface area contributed by atoms with Crippen LogP contribution in [-0.2, 0) is 0 Å². The van der Waals surface area contributed by atoms with Gasteiger partial charge >= 0.3 is 0 Å². The highest BCUT2D eigenvalue weighted by Crippen LogP contribution is 2.39. The van der Waals surface area contributed by atoms with E-state index in [0.29, 0.717) is 0 Å². The highest BCUT2D eigenvalue weighted by Gasteiger charge is 2.16. The Labute approximate surface area is 351 Å². The van der Waals surface area contributed by atoms with E-state index < -0.39 is 0 Å². The number of hydrogen-bond acceptors (Lipinski definition) is 2. The Morgan fingerprint density at radius 2 is 0.333 bits per heavy atom. The van der Waals surface area contributed by atoms with Gasteiger partial charge in [0, 0.05) is 22.3 Å².